The Hall–Kier alpha value is -0.610. The van der Waals surface area contributed by atoms with Crippen molar-refractivity contribution in [1.29, 1.82) is 0 Å². The SMILES string of the molecule is OCCN(CCO)C1=NCCCCC1. The predicted molar refractivity (Wildman–Crippen MR) is 56.5 cm³/mol. The largest absolute Gasteiger partial charge is 0.395 e. The summed E-state index contributed by atoms with van der Waals surface area (Å²) in [4.78, 5) is 6.47. The normalized spacial score (nSPS) is 17.4. The second-order valence-corrected chi connectivity index (χ2v) is 3.54. The highest BCUT2D eigenvalue weighted by molar-refractivity contribution is 5.82. The standard InChI is InChI=1S/C10H20N2O2/c13-8-6-12(7-9-14)10-4-2-1-3-5-11-10/h13-14H,1-9H2. The molecule has 0 aromatic rings. The van der Waals surface area contributed by atoms with Crippen LogP contribution < -0.4 is 0 Å². The van der Waals surface area contributed by atoms with Gasteiger partial charge in [0.1, 0.15) is 0 Å². The van der Waals surface area contributed by atoms with Crippen molar-refractivity contribution in [2.75, 3.05) is 32.8 Å². The lowest BCUT2D eigenvalue weighted by Gasteiger charge is -2.24. The molecule has 0 saturated carbocycles. The minimum Gasteiger partial charge on any atom is -0.395 e. The fourth-order valence-corrected chi connectivity index (χ4v) is 1.73. The summed E-state index contributed by atoms with van der Waals surface area (Å²) in [6.45, 7) is 2.31. The molecule has 0 aliphatic carbocycles. The molecule has 1 rings (SSSR count). The number of hydrogen-bond acceptors (Lipinski definition) is 4. The van der Waals surface area contributed by atoms with E-state index in [1.807, 2.05) is 4.90 Å². The van der Waals surface area contributed by atoms with Crippen molar-refractivity contribution in [3.05, 3.63) is 0 Å². The highest BCUT2D eigenvalue weighted by atomic mass is 16.3. The average Bonchev–Trinajstić information content (AvgIpc) is 2.45. The van der Waals surface area contributed by atoms with Crippen LogP contribution >= 0.6 is 0 Å². The first-order chi connectivity index (χ1) is 6.88. The lowest BCUT2D eigenvalue weighted by atomic mass is 10.2. The number of aliphatic imine (C=N–C) groups is 1. The molecule has 1 aliphatic heterocycles. The molecule has 82 valence electrons. The van der Waals surface area contributed by atoms with Gasteiger partial charge in [-0.3, -0.25) is 4.99 Å². The Labute approximate surface area is 85.3 Å². The van der Waals surface area contributed by atoms with E-state index in [2.05, 4.69) is 4.99 Å². The molecule has 4 heteroatoms. The highest BCUT2D eigenvalue weighted by Crippen LogP contribution is 2.10. The number of amidine groups is 1. The maximum Gasteiger partial charge on any atom is 0.0990 e. The number of hydrogen-bond donors (Lipinski definition) is 2. The van der Waals surface area contributed by atoms with Gasteiger partial charge in [0.05, 0.1) is 19.0 Å². The zero-order chi connectivity index (χ0) is 10.2. The van der Waals surface area contributed by atoms with E-state index in [0.29, 0.717) is 13.1 Å². The molecule has 0 unspecified atom stereocenters. The maximum atomic E-state index is 8.89. The number of aliphatic hydroxyl groups excluding tert-OH is 2. The van der Waals surface area contributed by atoms with E-state index in [1.165, 1.54) is 12.8 Å². The molecule has 1 aliphatic rings. The van der Waals surface area contributed by atoms with Gasteiger partial charge in [0.15, 0.2) is 0 Å². The van der Waals surface area contributed by atoms with E-state index >= 15 is 0 Å². The van der Waals surface area contributed by atoms with Gasteiger partial charge < -0.3 is 15.1 Å². The summed E-state index contributed by atoms with van der Waals surface area (Å²) >= 11 is 0. The molecule has 2 N–H and O–H groups in total. The van der Waals surface area contributed by atoms with Crippen molar-refractivity contribution < 1.29 is 10.2 Å². The Kier molecular flexibility index (Phi) is 5.56. The molecular weight excluding hydrogens is 180 g/mol. The van der Waals surface area contributed by atoms with Crippen LogP contribution in [-0.4, -0.2) is 53.8 Å². The van der Waals surface area contributed by atoms with Crippen molar-refractivity contribution in [2.24, 2.45) is 4.99 Å². The van der Waals surface area contributed by atoms with Gasteiger partial charge >= 0.3 is 0 Å². The first kappa shape index (κ1) is 11.5. The van der Waals surface area contributed by atoms with Crippen LogP contribution in [0.15, 0.2) is 4.99 Å². The van der Waals surface area contributed by atoms with Crippen LogP contribution in [-0.2, 0) is 0 Å². The Balaban J connectivity index is 2.50. The molecule has 14 heavy (non-hydrogen) atoms. The summed E-state index contributed by atoms with van der Waals surface area (Å²) < 4.78 is 0. The van der Waals surface area contributed by atoms with E-state index in [4.69, 9.17) is 10.2 Å². The van der Waals surface area contributed by atoms with Gasteiger partial charge in [0.2, 0.25) is 0 Å². The third kappa shape index (κ3) is 3.64. The van der Waals surface area contributed by atoms with Crippen LogP contribution in [0.2, 0.25) is 0 Å². The summed E-state index contributed by atoms with van der Waals surface area (Å²) in [5.41, 5.74) is 0. The van der Waals surface area contributed by atoms with Crippen LogP contribution in [0.25, 0.3) is 0 Å². The van der Waals surface area contributed by atoms with E-state index in [-0.39, 0.29) is 13.2 Å². The van der Waals surface area contributed by atoms with E-state index in [9.17, 15) is 0 Å². The molecule has 0 aromatic heterocycles. The van der Waals surface area contributed by atoms with E-state index in [1.54, 1.807) is 0 Å². The molecule has 0 atom stereocenters. The van der Waals surface area contributed by atoms with Crippen LogP contribution in [0.3, 0.4) is 0 Å². The molecule has 0 fully saturated rings. The minimum absolute atomic E-state index is 0.124. The number of rotatable bonds is 4. The number of nitrogens with zero attached hydrogens (tertiary/aromatic N) is 2. The van der Waals surface area contributed by atoms with Crippen molar-refractivity contribution in [3.8, 4) is 0 Å². The lowest BCUT2D eigenvalue weighted by Crippen LogP contribution is -2.35. The zero-order valence-corrected chi connectivity index (χ0v) is 8.65. The summed E-state index contributed by atoms with van der Waals surface area (Å²) in [6.07, 6.45) is 4.56. The molecule has 0 radical (unpaired) electrons. The molecule has 0 spiro atoms. The third-order valence-corrected chi connectivity index (χ3v) is 2.46. The predicted octanol–water partition coefficient (Wildman–Crippen LogP) is 0.245. The van der Waals surface area contributed by atoms with Gasteiger partial charge in [-0.1, -0.05) is 6.42 Å². The Morgan fingerprint density at radius 1 is 1.07 bits per heavy atom. The first-order valence-electron chi connectivity index (χ1n) is 5.38. The fraction of sp³-hybridized carbons (Fsp3) is 0.900. The van der Waals surface area contributed by atoms with Gasteiger partial charge in [-0.05, 0) is 12.8 Å². The van der Waals surface area contributed by atoms with Gasteiger partial charge in [-0.15, -0.1) is 0 Å². The zero-order valence-electron chi connectivity index (χ0n) is 8.65. The summed E-state index contributed by atoms with van der Waals surface area (Å²) in [7, 11) is 0. The minimum atomic E-state index is 0.124. The Morgan fingerprint density at radius 2 is 1.79 bits per heavy atom. The summed E-state index contributed by atoms with van der Waals surface area (Å²) in [5, 5.41) is 17.8. The molecule has 0 saturated heterocycles. The average molecular weight is 200 g/mol. The van der Waals surface area contributed by atoms with Crippen LogP contribution in [0.1, 0.15) is 25.7 Å². The topological polar surface area (TPSA) is 56.1 Å². The Morgan fingerprint density at radius 3 is 2.43 bits per heavy atom. The quantitative estimate of drug-likeness (QED) is 0.683. The maximum absolute atomic E-state index is 8.89. The summed E-state index contributed by atoms with van der Waals surface area (Å²) in [5.74, 6) is 1.06. The van der Waals surface area contributed by atoms with Gasteiger partial charge in [-0.25, -0.2) is 0 Å². The van der Waals surface area contributed by atoms with Crippen LogP contribution in [0, 0.1) is 0 Å². The van der Waals surface area contributed by atoms with Gasteiger partial charge in [0.25, 0.3) is 0 Å². The van der Waals surface area contributed by atoms with Crippen molar-refractivity contribution in [2.45, 2.75) is 25.7 Å². The molecular formula is C10H20N2O2. The summed E-state index contributed by atoms with van der Waals surface area (Å²) in [6, 6.07) is 0. The number of aliphatic hydroxyl groups is 2. The molecule has 1 heterocycles. The molecule has 0 bridgehead atoms. The van der Waals surface area contributed by atoms with Crippen molar-refractivity contribution in [1.82, 2.24) is 4.90 Å². The lowest BCUT2D eigenvalue weighted by molar-refractivity contribution is 0.210. The first-order valence-corrected chi connectivity index (χ1v) is 5.38. The Bertz CT molecular complexity index is 177. The van der Waals surface area contributed by atoms with E-state index < -0.39 is 0 Å². The molecule has 0 amide bonds. The molecule has 0 aromatic carbocycles. The van der Waals surface area contributed by atoms with Crippen LogP contribution in [0.5, 0.6) is 0 Å². The third-order valence-electron chi connectivity index (χ3n) is 2.46. The second kappa shape index (κ2) is 6.79. The second-order valence-electron chi connectivity index (χ2n) is 3.54. The van der Waals surface area contributed by atoms with Gasteiger partial charge in [0, 0.05) is 26.1 Å². The molecule has 4 nitrogen and oxygen atoms in total. The highest BCUT2D eigenvalue weighted by Gasteiger charge is 2.11. The smallest absolute Gasteiger partial charge is 0.0990 e. The van der Waals surface area contributed by atoms with Crippen LogP contribution in [0.4, 0.5) is 0 Å². The van der Waals surface area contributed by atoms with Gasteiger partial charge in [-0.2, -0.15) is 0 Å². The van der Waals surface area contributed by atoms with Crippen molar-refractivity contribution >= 4 is 5.84 Å². The van der Waals surface area contributed by atoms with Crippen molar-refractivity contribution in [3.63, 3.8) is 0 Å². The fourth-order valence-electron chi connectivity index (χ4n) is 1.73. The van der Waals surface area contributed by atoms with E-state index in [0.717, 1.165) is 25.2 Å². The monoisotopic (exact) mass is 200 g/mol.